The van der Waals surface area contributed by atoms with E-state index in [-0.39, 0.29) is 11.3 Å². The number of anilines is 3. The molecule has 11 aromatic rings. The van der Waals surface area contributed by atoms with Gasteiger partial charge in [-0.25, -0.2) is 0 Å². The molecule has 0 aliphatic rings. The van der Waals surface area contributed by atoms with Gasteiger partial charge in [0.05, 0.1) is 40.0 Å². The molecule has 0 spiro atoms. The lowest BCUT2D eigenvalue weighted by Crippen LogP contribution is -2.10. The molecule has 268 valence electrons. The van der Waals surface area contributed by atoms with Crippen LogP contribution in [0.15, 0.2) is 222 Å². The molecule has 57 heavy (non-hydrogen) atoms. The first-order valence-corrected chi connectivity index (χ1v) is 18.0. The fraction of sp³-hybridized carbons (Fsp3) is 0. The smallest absolute Gasteiger partial charge is 0.143 e. The Bertz CT molecular complexity index is 4120. The Morgan fingerprint density at radius 1 is 0.404 bits per heavy atom. The van der Waals surface area contributed by atoms with Crippen molar-refractivity contribution >= 4 is 60.8 Å². The van der Waals surface area contributed by atoms with Gasteiger partial charge in [0.25, 0.3) is 0 Å². The highest BCUT2D eigenvalue weighted by Gasteiger charge is 2.23. The lowest BCUT2D eigenvalue weighted by molar-refractivity contribution is 0.670. The molecular formula is C54H36N2O. The van der Waals surface area contributed by atoms with Crippen molar-refractivity contribution in [2.24, 2.45) is 0 Å². The van der Waals surface area contributed by atoms with Gasteiger partial charge in [0.15, 0.2) is 0 Å². The Morgan fingerprint density at radius 3 is 1.65 bits per heavy atom. The van der Waals surface area contributed by atoms with E-state index in [1.54, 1.807) is 30.3 Å². The first kappa shape index (κ1) is 19.8. The van der Waals surface area contributed by atoms with E-state index in [2.05, 4.69) is 4.57 Å². The molecular weight excluding hydrogens is 693 g/mol. The quantitative estimate of drug-likeness (QED) is 0.162. The second-order valence-corrected chi connectivity index (χ2v) is 13.2. The molecule has 0 saturated carbocycles. The Kier molecular flexibility index (Phi) is 4.73. The van der Waals surface area contributed by atoms with E-state index in [0.29, 0.717) is 38.8 Å². The van der Waals surface area contributed by atoms with E-state index in [1.807, 2.05) is 78.9 Å². The zero-order chi connectivity index (χ0) is 52.5. The van der Waals surface area contributed by atoms with Gasteiger partial charge in [-0.05, 0) is 82.8 Å². The maximum Gasteiger partial charge on any atom is 0.143 e. The van der Waals surface area contributed by atoms with E-state index in [4.69, 9.17) is 16.8 Å². The summed E-state index contributed by atoms with van der Waals surface area (Å²) in [6.07, 6.45) is 0. The highest BCUT2D eigenvalue weighted by molar-refractivity contribution is 6.13. The molecule has 2 heterocycles. The van der Waals surface area contributed by atoms with Crippen LogP contribution in [0.2, 0.25) is 0 Å². The zero-order valence-electron chi connectivity index (χ0n) is 46.8. The fourth-order valence-electron chi connectivity index (χ4n) is 7.47. The molecule has 0 N–H and O–H groups in total. The summed E-state index contributed by atoms with van der Waals surface area (Å²) >= 11 is 0. The molecule has 0 radical (unpaired) electrons. The van der Waals surface area contributed by atoms with Crippen molar-refractivity contribution in [2.45, 2.75) is 0 Å². The van der Waals surface area contributed by atoms with E-state index in [9.17, 15) is 11.0 Å². The summed E-state index contributed by atoms with van der Waals surface area (Å²) in [7, 11) is 0. The molecule has 0 unspecified atom stereocenters. The van der Waals surface area contributed by atoms with Crippen LogP contribution >= 0.6 is 0 Å². The highest BCUT2D eigenvalue weighted by Crippen LogP contribution is 2.46. The van der Waals surface area contributed by atoms with E-state index in [1.165, 1.54) is 0 Å². The van der Waals surface area contributed by atoms with Gasteiger partial charge < -0.3 is 13.9 Å². The second-order valence-electron chi connectivity index (χ2n) is 13.2. The van der Waals surface area contributed by atoms with Crippen molar-refractivity contribution in [1.82, 2.24) is 4.57 Å². The monoisotopic (exact) mass is 745 g/mol. The van der Waals surface area contributed by atoms with Gasteiger partial charge in [0.1, 0.15) is 11.2 Å². The minimum Gasteiger partial charge on any atom is -0.455 e. The summed E-state index contributed by atoms with van der Waals surface area (Å²) in [5, 5.41) is 3.04. The Hall–Kier alpha value is -7.62. The van der Waals surface area contributed by atoms with Crippen LogP contribution < -0.4 is 4.90 Å². The third-order valence-corrected chi connectivity index (χ3v) is 9.97. The van der Waals surface area contributed by atoms with Crippen LogP contribution in [0, 0.1) is 0 Å². The van der Waals surface area contributed by atoms with Crippen molar-refractivity contribution in [3.63, 3.8) is 0 Å². The number of furan rings is 1. The standard InChI is InChI=1S/C54H36N2O/c1-3-15-37(16-4-1)39-27-31-41(32-28-39)55(42-33-29-40(30-34-42)38-17-5-2-6-18-38)43-35-48(54-49(36-43)47-22-10-14-26-53(47)57-54)46-21-9-13-25-52(46)56-50-23-11-7-19-44(50)45-20-8-12-24-51(45)56/h1-36H/i1D,2D,3D,4D,5D,6D,15D,16D,17D,27D,28D,29D,30D,31D,32D,33D,34D. The predicted molar refractivity (Wildman–Crippen MR) is 239 cm³/mol. The third-order valence-electron chi connectivity index (χ3n) is 9.97. The van der Waals surface area contributed by atoms with Crippen LogP contribution in [-0.2, 0) is 0 Å². The number of nitrogens with zero attached hydrogens (tertiary/aromatic N) is 2. The zero-order valence-corrected chi connectivity index (χ0v) is 29.8. The van der Waals surface area contributed by atoms with Gasteiger partial charge >= 0.3 is 0 Å². The van der Waals surface area contributed by atoms with Crippen LogP contribution in [0.25, 0.3) is 82.8 Å². The maximum atomic E-state index is 9.72. The lowest BCUT2D eigenvalue weighted by Gasteiger charge is -2.27. The first-order chi connectivity index (χ1) is 35.3. The number of aromatic nitrogens is 1. The van der Waals surface area contributed by atoms with Gasteiger partial charge in [-0.15, -0.1) is 0 Å². The number of rotatable bonds is 7. The average Bonchev–Trinajstić information content (AvgIpc) is 3.95. The van der Waals surface area contributed by atoms with Crippen molar-refractivity contribution in [1.29, 1.82) is 0 Å². The Balaban J connectivity index is 1.28. The molecule has 3 nitrogen and oxygen atoms in total. The van der Waals surface area contributed by atoms with Crippen LogP contribution in [-0.4, -0.2) is 4.57 Å². The van der Waals surface area contributed by atoms with Gasteiger partial charge in [0.2, 0.25) is 0 Å². The summed E-state index contributed by atoms with van der Waals surface area (Å²) in [4.78, 5) is 1.07. The highest BCUT2D eigenvalue weighted by atomic mass is 16.3. The topological polar surface area (TPSA) is 21.3 Å². The van der Waals surface area contributed by atoms with Crippen molar-refractivity contribution in [3.05, 3.63) is 218 Å². The molecule has 9 aromatic carbocycles. The molecule has 11 rings (SSSR count). The molecule has 0 saturated heterocycles. The normalized spacial score (nSPS) is 15.7. The minimum atomic E-state index is -0.844. The largest absolute Gasteiger partial charge is 0.455 e. The molecule has 0 amide bonds. The molecule has 0 bridgehead atoms. The van der Waals surface area contributed by atoms with E-state index >= 15 is 0 Å². The molecule has 0 aliphatic carbocycles. The lowest BCUT2D eigenvalue weighted by atomic mass is 9.98. The summed E-state index contributed by atoms with van der Waals surface area (Å²) in [6, 6.07) is 22.2. The van der Waals surface area contributed by atoms with E-state index < -0.39 is 131 Å². The predicted octanol–water partition coefficient (Wildman–Crippen LogP) is 15.2. The summed E-state index contributed by atoms with van der Waals surface area (Å²) in [6.45, 7) is 0. The van der Waals surface area contributed by atoms with Gasteiger partial charge in [-0.3, -0.25) is 0 Å². The SMILES string of the molecule is [2H]c1cc(-c2c([2H])c([2H])c(N(c3cc(-c4ccccc4-n4c5ccccc5c5ccccc54)c4oc5ccccc5c4c3)c3c([2H])c([2H])c(-c4c([2H])c([2H])c([2H])c([2H])c4[2H])c([2H])c3[2H])c([2H])c2[2H])c([2H])c([2H])c1[2H]. The van der Waals surface area contributed by atoms with Gasteiger partial charge in [-0.1, -0.05) is 157 Å². The van der Waals surface area contributed by atoms with Crippen LogP contribution in [0.1, 0.15) is 23.3 Å². The van der Waals surface area contributed by atoms with Crippen LogP contribution in [0.3, 0.4) is 0 Å². The van der Waals surface area contributed by atoms with Crippen molar-refractivity contribution < 1.29 is 27.7 Å². The maximum absolute atomic E-state index is 9.72. The number of hydrogen-bond donors (Lipinski definition) is 0. The van der Waals surface area contributed by atoms with Crippen LogP contribution in [0.4, 0.5) is 17.1 Å². The van der Waals surface area contributed by atoms with Gasteiger partial charge in [-0.2, -0.15) is 0 Å². The molecule has 0 fully saturated rings. The molecule has 3 heteroatoms. The van der Waals surface area contributed by atoms with Gasteiger partial charge in [0, 0.05) is 49.7 Å². The summed E-state index contributed by atoms with van der Waals surface area (Å²) in [5.41, 5.74) is 1.17. The van der Waals surface area contributed by atoms with Crippen LogP contribution in [0.5, 0.6) is 0 Å². The summed E-state index contributed by atoms with van der Waals surface area (Å²) in [5.74, 6) is 0. The number of para-hydroxylation sites is 4. The number of hydrogen-bond acceptors (Lipinski definition) is 2. The van der Waals surface area contributed by atoms with E-state index in [0.717, 1.165) is 32.8 Å². The number of fused-ring (bicyclic) bond motifs is 6. The Morgan fingerprint density at radius 2 is 0.947 bits per heavy atom. The fourth-order valence-corrected chi connectivity index (χ4v) is 7.47. The Labute approximate surface area is 354 Å². The molecule has 2 aromatic heterocycles. The summed E-state index contributed by atoms with van der Waals surface area (Å²) < 4.78 is 161. The third kappa shape index (κ3) is 5.60. The average molecular weight is 746 g/mol. The molecule has 0 atom stereocenters. The van der Waals surface area contributed by atoms with Crippen molar-refractivity contribution in [2.75, 3.05) is 4.90 Å². The minimum absolute atomic E-state index is 0.00242. The number of benzene rings is 9. The first-order valence-electron chi connectivity index (χ1n) is 26.5. The molecule has 0 aliphatic heterocycles. The van der Waals surface area contributed by atoms with Crippen molar-refractivity contribution in [3.8, 4) is 39.1 Å². The second kappa shape index (κ2) is 13.6.